The van der Waals surface area contributed by atoms with Gasteiger partial charge in [-0.25, -0.2) is 75.3 Å². The molecule has 0 heterocycles. The molecule has 2 saturated carbocycles. The molecule has 2 rings (SSSR count). The van der Waals surface area contributed by atoms with Crippen molar-refractivity contribution in [1.82, 2.24) is 0 Å². The maximum absolute atomic E-state index is 16.0. The first-order valence-corrected chi connectivity index (χ1v) is 12.0. The van der Waals surface area contributed by atoms with Gasteiger partial charge in [0.15, 0.2) is 0 Å². The molecule has 0 aromatic rings. The molecule has 0 aromatic heterocycles. The highest BCUT2D eigenvalue weighted by Gasteiger charge is 3.17. The van der Waals surface area contributed by atoms with Gasteiger partial charge in [0, 0.05) is 13.8 Å². The van der Waals surface area contributed by atoms with Crippen molar-refractivity contribution in [3.05, 3.63) is 0 Å². The second-order valence-electron chi connectivity index (χ2n) is 10.9. The number of ether oxygens (including phenoxy) is 2. The zero-order valence-electron chi connectivity index (χ0n) is 23.0. The van der Waals surface area contributed by atoms with Crippen LogP contribution in [0.4, 0.5) is 105 Å². The predicted molar refractivity (Wildman–Crippen MR) is 102 cm³/mol. The Morgan fingerprint density at radius 2 is 0.833 bits per heavy atom. The molecule has 0 aromatic carbocycles. The van der Waals surface area contributed by atoms with Crippen LogP contribution >= 0.6 is 0 Å². The summed E-state index contributed by atoms with van der Waals surface area (Å²) in [5, 5.41) is 8.09. The molecule has 2 fully saturated rings. The summed E-state index contributed by atoms with van der Waals surface area (Å²) in [6.45, 7) is -11.3. The summed E-state index contributed by atoms with van der Waals surface area (Å²) in [6.07, 6.45) is -33.9. The first kappa shape index (κ1) is 42.4. The van der Waals surface area contributed by atoms with Gasteiger partial charge in [0.2, 0.25) is 10.8 Å². The van der Waals surface area contributed by atoms with Gasteiger partial charge in [-0.2, -0.15) is 35.1 Å². The number of aliphatic hydroxyl groups excluding tert-OH is 1. The van der Waals surface area contributed by atoms with Crippen LogP contribution in [0.1, 0.15) is 27.2 Å². The zero-order valence-corrected chi connectivity index (χ0v) is 23.0. The van der Waals surface area contributed by atoms with Crippen LogP contribution in [-0.2, 0) is 9.47 Å². The van der Waals surface area contributed by atoms with E-state index in [0.29, 0.717) is 0 Å². The third-order valence-corrected chi connectivity index (χ3v) is 8.50. The van der Waals surface area contributed by atoms with Gasteiger partial charge in [0.25, 0.3) is 29.6 Å². The van der Waals surface area contributed by atoms with Gasteiger partial charge >= 0.3 is 41.9 Å². The molecule has 2 bridgehead atoms. The van der Waals surface area contributed by atoms with Crippen molar-refractivity contribution in [2.24, 2.45) is 16.2 Å². The Morgan fingerprint density at radius 1 is 0.521 bits per heavy atom. The molecule has 2 atom stereocenters. The summed E-state index contributed by atoms with van der Waals surface area (Å²) in [7, 11) is 0. The summed E-state index contributed by atoms with van der Waals surface area (Å²) in [4.78, 5) is 0. The Balaban J connectivity index is 3.43. The van der Waals surface area contributed by atoms with Gasteiger partial charge in [-0.3, -0.25) is 4.39 Å². The van der Waals surface area contributed by atoms with E-state index in [1.165, 1.54) is 4.74 Å². The van der Waals surface area contributed by atoms with Crippen LogP contribution in [0.3, 0.4) is 0 Å². The standard InChI is InChI=1S/C21H16F24O3/c1-4-9(5-22)14(30,31)11(7(2,23)24)16(34,35)12(8(3,25)26,15(9,32)33)18(38,39)13(29,17(11,36)37)19(40,41)48-21(44,45)20(42,43)47-10(27,28)6-46/h46H,4-6H2,1-3H3. The summed E-state index contributed by atoms with van der Waals surface area (Å²) >= 11 is 0. The Morgan fingerprint density at radius 3 is 1.08 bits per heavy atom. The van der Waals surface area contributed by atoms with Gasteiger partial charge < -0.3 is 5.11 Å². The lowest BCUT2D eigenvalue weighted by Crippen LogP contribution is -3.01. The van der Waals surface area contributed by atoms with Crippen LogP contribution in [0.2, 0.25) is 0 Å². The Hall–Kier alpha value is -1.80. The van der Waals surface area contributed by atoms with Crippen LogP contribution in [-0.4, -0.2) is 89.9 Å². The van der Waals surface area contributed by atoms with Crippen LogP contribution in [0.5, 0.6) is 0 Å². The molecule has 27 heteroatoms. The predicted octanol–water partition coefficient (Wildman–Crippen LogP) is 8.94. The van der Waals surface area contributed by atoms with E-state index in [0.717, 1.165) is 0 Å². The van der Waals surface area contributed by atoms with Crippen molar-refractivity contribution in [2.45, 2.75) is 98.8 Å². The second kappa shape index (κ2) is 10.2. The summed E-state index contributed by atoms with van der Waals surface area (Å²) in [5.74, 6) is -58.3. The molecule has 1 N–H and O–H groups in total. The monoisotopic (exact) mass is 772 g/mol. The molecule has 2 unspecified atom stereocenters. The Labute approximate surface area is 249 Å². The average molecular weight is 772 g/mol. The first-order valence-electron chi connectivity index (χ1n) is 12.0. The minimum Gasteiger partial charge on any atom is -0.387 e. The molecule has 0 amide bonds. The number of alkyl halides is 24. The maximum atomic E-state index is 16.0. The molecule has 0 aliphatic heterocycles. The van der Waals surface area contributed by atoms with Crippen molar-refractivity contribution in [1.29, 1.82) is 0 Å². The van der Waals surface area contributed by atoms with E-state index in [1.807, 2.05) is 4.74 Å². The van der Waals surface area contributed by atoms with E-state index in [2.05, 4.69) is 0 Å². The van der Waals surface area contributed by atoms with E-state index >= 15 is 48.3 Å². The quantitative estimate of drug-likeness (QED) is 0.214. The van der Waals surface area contributed by atoms with E-state index in [-0.39, 0.29) is 0 Å². The van der Waals surface area contributed by atoms with E-state index in [4.69, 9.17) is 5.11 Å². The molecule has 3 nitrogen and oxygen atoms in total. The molecular formula is C21H16F24O3. The largest absolute Gasteiger partial charge is 0.453 e. The van der Waals surface area contributed by atoms with Crippen LogP contribution in [0, 0.1) is 16.2 Å². The number of hydrogen-bond acceptors (Lipinski definition) is 3. The number of aliphatic hydroxyl groups is 1. The van der Waals surface area contributed by atoms with Crippen molar-refractivity contribution in [2.75, 3.05) is 13.3 Å². The lowest BCUT2D eigenvalue weighted by Gasteiger charge is -2.74. The zero-order chi connectivity index (χ0) is 39.0. The molecule has 0 radical (unpaired) electrons. The smallest absolute Gasteiger partial charge is 0.387 e. The topological polar surface area (TPSA) is 38.7 Å². The van der Waals surface area contributed by atoms with Crippen LogP contribution in [0.15, 0.2) is 0 Å². The first-order chi connectivity index (χ1) is 20.6. The highest BCUT2D eigenvalue weighted by atomic mass is 19.4. The minimum absolute atomic E-state index is 0.412. The molecule has 286 valence electrons. The Kier molecular flexibility index (Phi) is 8.97. The molecule has 0 saturated heterocycles. The van der Waals surface area contributed by atoms with Crippen LogP contribution in [0.25, 0.3) is 0 Å². The summed E-state index contributed by atoms with van der Waals surface area (Å²) in [5.41, 5.74) is -32.9. The van der Waals surface area contributed by atoms with Crippen LogP contribution < -0.4 is 0 Å². The SMILES string of the molecule is CCC1(CF)C(F)(F)C2(C(C)(F)F)C(F)(F)C(F)(C(F)(F)OC(F)(F)C(F)(F)OC(F)(F)CO)C(F)(F)C(C(C)(F)F)(C1(F)F)C2(F)F. The second-order valence-corrected chi connectivity index (χ2v) is 10.9. The highest BCUT2D eigenvalue weighted by Crippen LogP contribution is 2.91. The van der Waals surface area contributed by atoms with E-state index in [9.17, 15) is 57.1 Å². The molecule has 2 aliphatic rings. The van der Waals surface area contributed by atoms with Gasteiger partial charge in [0.1, 0.15) is 18.7 Å². The molecule has 0 spiro atoms. The van der Waals surface area contributed by atoms with Crippen molar-refractivity contribution in [3.8, 4) is 0 Å². The highest BCUT2D eigenvalue weighted by molar-refractivity contribution is 5.45. The van der Waals surface area contributed by atoms with E-state index < -0.39 is 128 Å². The third kappa shape index (κ3) is 3.91. The maximum Gasteiger partial charge on any atom is 0.453 e. The fourth-order valence-electron chi connectivity index (χ4n) is 6.39. The lowest BCUT2D eigenvalue weighted by molar-refractivity contribution is -0.617. The summed E-state index contributed by atoms with van der Waals surface area (Å²) < 4.78 is 363. The Bertz CT molecular complexity index is 1190. The summed E-state index contributed by atoms with van der Waals surface area (Å²) in [6, 6.07) is 0. The average Bonchev–Trinajstić information content (AvgIpc) is 2.78. The fraction of sp³-hybridized carbons (Fsp3) is 1.00. The van der Waals surface area contributed by atoms with E-state index in [1.54, 1.807) is 0 Å². The minimum atomic E-state index is -9.37. The number of halogens is 24. The van der Waals surface area contributed by atoms with Crippen molar-refractivity contribution < 1.29 is 120 Å². The molecular weight excluding hydrogens is 756 g/mol. The number of fused-ring (bicyclic) bond motifs is 2. The number of hydrogen-bond donors (Lipinski definition) is 1. The molecule has 48 heavy (non-hydrogen) atoms. The van der Waals surface area contributed by atoms with Gasteiger partial charge in [-0.15, -0.1) is 0 Å². The van der Waals surface area contributed by atoms with Gasteiger partial charge in [-0.05, 0) is 6.42 Å². The lowest BCUT2D eigenvalue weighted by atomic mass is 9.34. The van der Waals surface area contributed by atoms with Crippen molar-refractivity contribution >= 4 is 0 Å². The normalized spacial score (nSPS) is 35.0. The molecule has 2 aliphatic carbocycles. The van der Waals surface area contributed by atoms with Crippen molar-refractivity contribution in [3.63, 3.8) is 0 Å². The third-order valence-electron chi connectivity index (χ3n) is 8.50. The number of rotatable bonds is 11. The fourth-order valence-corrected chi connectivity index (χ4v) is 6.39. The van der Waals surface area contributed by atoms with Gasteiger partial charge in [-0.1, -0.05) is 6.92 Å². The van der Waals surface area contributed by atoms with Gasteiger partial charge in [0.05, 0.1) is 0 Å².